The molecule has 0 aromatic carbocycles. The summed E-state index contributed by atoms with van der Waals surface area (Å²) in [7, 11) is 0. The van der Waals surface area contributed by atoms with E-state index in [4.69, 9.17) is 5.73 Å². The second-order valence-electron chi connectivity index (χ2n) is 4.85. The highest BCUT2D eigenvalue weighted by Crippen LogP contribution is 2.31. The zero-order valence-electron chi connectivity index (χ0n) is 10.4. The number of nitrogens with one attached hydrogen (secondary N) is 1. The van der Waals surface area contributed by atoms with Crippen molar-refractivity contribution in [2.24, 2.45) is 5.73 Å². The van der Waals surface area contributed by atoms with Crippen LogP contribution in [0.4, 0.5) is 0 Å². The Morgan fingerprint density at radius 2 is 2.25 bits per heavy atom. The van der Waals surface area contributed by atoms with Gasteiger partial charge in [-0.05, 0) is 44.1 Å². The van der Waals surface area contributed by atoms with E-state index in [0.29, 0.717) is 6.42 Å². The minimum atomic E-state index is -0.192. The second-order valence-corrected chi connectivity index (χ2v) is 6.24. The number of hydrogen-bond donors (Lipinski definition) is 2. The van der Waals surface area contributed by atoms with Crippen molar-refractivity contribution in [2.75, 3.05) is 11.5 Å². The summed E-state index contributed by atoms with van der Waals surface area (Å²) in [5, 5.41) is 3.03. The number of thioether (sulfide) groups is 1. The van der Waals surface area contributed by atoms with Gasteiger partial charge in [0.1, 0.15) is 0 Å². The number of hydrogen-bond acceptors (Lipinski definition) is 3. The summed E-state index contributed by atoms with van der Waals surface area (Å²) in [6.45, 7) is 4.22. The molecule has 16 heavy (non-hydrogen) atoms. The molecule has 3 nitrogen and oxygen atoms in total. The molecule has 0 spiro atoms. The summed E-state index contributed by atoms with van der Waals surface area (Å²) < 4.78 is 0. The largest absolute Gasteiger partial charge is 0.354 e. The van der Waals surface area contributed by atoms with Gasteiger partial charge in [0.15, 0.2) is 0 Å². The molecule has 0 aliphatic heterocycles. The zero-order chi connectivity index (χ0) is 12.0. The van der Waals surface area contributed by atoms with Crippen LogP contribution in [0.1, 0.15) is 46.0 Å². The van der Waals surface area contributed by atoms with E-state index in [1.807, 2.05) is 11.8 Å². The van der Waals surface area contributed by atoms with Crippen LogP contribution in [-0.4, -0.2) is 29.0 Å². The van der Waals surface area contributed by atoms with Gasteiger partial charge in [0, 0.05) is 18.0 Å². The predicted octanol–water partition coefficient (Wildman–Crippen LogP) is 1.91. The van der Waals surface area contributed by atoms with E-state index in [2.05, 4.69) is 19.2 Å². The molecule has 0 radical (unpaired) electrons. The lowest BCUT2D eigenvalue weighted by Crippen LogP contribution is -2.50. The van der Waals surface area contributed by atoms with Crippen LogP contribution < -0.4 is 11.1 Å². The van der Waals surface area contributed by atoms with Crippen molar-refractivity contribution in [3.05, 3.63) is 0 Å². The summed E-state index contributed by atoms with van der Waals surface area (Å²) in [4.78, 5) is 11.7. The SMILES string of the molecule is CCSCCC(C)NC(=O)CC1(N)CCC1. The first kappa shape index (κ1) is 13.8. The molecule has 3 N–H and O–H groups in total. The van der Waals surface area contributed by atoms with Gasteiger partial charge in [0.05, 0.1) is 0 Å². The van der Waals surface area contributed by atoms with E-state index in [-0.39, 0.29) is 17.5 Å². The molecule has 1 aliphatic carbocycles. The van der Waals surface area contributed by atoms with Crippen molar-refractivity contribution >= 4 is 17.7 Å². The fourth-order valence-electron chi connectivity index (χ4n) is 1.93. The summed E-state index contributed by atoms with van der Waals surface area (Å²) in [5.74, 6) is 2.38. The molecule has 1 rings (SSSR count). The lowest BCUT2D eigenvalue weighted by Gasteiger charge is -2.37. The van der Waals surface area contributed by atoms with Crippen LogP contribution in [0.2, 0.25) is 0 Å². The molecule has 1 fully saturated rings. The van der Waals surface area contributed by atoms with E-state index >= 15 is 0 Å². The summed E-state index contributed by atoms with van der Waals surface area (Å²) in [6.07, 6.45) is 4.72. The fraction of sp³-hybridized carbons (Fsp3) is 0.917. The Balaban J connectivity index is 2.12. The third-order valence-corrected chi connectivity index (χ3v) is 4.10. The van der Waals surface area contributed by atoms with Gasteiger partial charge >= 0.3 is 0 Å². The Hall–Kier alpha value is -0.220. The maximum Gasteiger partial charge on any atom is 0.222 e. The van der Waals surface area contributed by atoms with Crippen LogP contribution in [0.15, 0.2) is 0 Å². The molecule has 0 heterocycles. The van der Waals surface area contributed by atoms with Gasteiger partial charge in [-0.2, -0.15) is 11.8 Å². The van der Waals surface area contributed by atoms with Gasteiger partial charge in [-0.25, -0.2) is 0 Å². The molecule has 1 unspecified atom stereocenters. The Morgan fingerprint density at radius 3 is 2.75 bits per heavy atom. The molecule has 0 bridgehead atoms. The minimum Gasteiger partial charge on any atom is -0.354 e. The number of nitrogens with two attached hydrogens (primary N) is 1. The Bertz CT molecular complexity index is 229. The topological polar surface area (TPSA) is 55.1 Å². The lowest BCUT2D eigenvalue weighted by molar-refractivity contribution is -0.123. The van der Waals surface area contributed by atoms with E-state index in [1.165, 1.54) is 6.42 Å². The van der Waals surface area contributed by atoms with E-state index in [9.17, 15) is 4.79 Å². The quantitative estimate of drug-likeness (QED) is 0.673. The second kappa shape index (κ2) is 6.50. The van der Waals surface area contributed by atoms with Crippen molar-refractivity contribution in [3.8, 4) is 0 Å². The molecular weight excluding hydrogens is 220 g/mol. The molecule has 1 aliphatic rings. The van der Waals surface area contributed by atoms with Crippen LogP contribution in [0.5, 0.6) is 0 Å². The Labute approximate surface area is 103 Å². The van der Waals surface area contributed by atoms with Gasteiger partial charge < -0.3 is 11.1 Å². The highest BCUT2D eigenvalue weighted by atomic mass is 32.2. The average molecular weight is 244 g/mol. The number of carbonyl (C=O) groups excluding carboxylic acids is 1. The zero-order valence-corrected chi connectivity index (χ0v) is 11.2. The van der Waals surface area contributed by atoms with Crippen molar-refractivity contribution < 1.29 is 4.79 Å². The van der Waals surface area contributed by atoms with E-state index in [1.54, 1.807) is 0 Å². The molecule has 94 valence electrons. The third kappa shape index (κ3) is 4.74. The Kier molecular flexibility index (Phi) is 5.62. The molecule has 1 atom stereocenters. The summed E-state index contributed by atoms with van der Waals surface area (Å²) >= 11 is 1.92. The Morgan fingerprint density at radius 1 is 1.56 bits per heavy atom. The minimum absolute atomic E-state index is 0.121. The standard InChI is InChI=1S/C12H24N2OS/c1-3-16-8-5-10(2)14-11(15)9-12(13)6-4-7-12/h10H,3-9,13H2,1-2H3,(H,14,15). The molecule has 1 saturated carbocycles. The van der Waals surface area contributed by atoms with E-state index in [0.717, 1.165) is 30.8 Å². The fourth-order valence-corrected chi connectivity index (χ4v) is 2.74. The number of rotatable bonds is 7. The van der Waals surface area contributed by atoms with Crippen LogP contribution in [0.25, 0.3) is 0 Å². The van der Waals surface area contributed by atoms with Gasteiger partial charge in [-0.1, -0.05) is 6.92 Å². The highest BCUT2D eigenvalue weighted by Gasteiger charge is 2.34. The molecule has 4 heteroatoms. The summed E-state index contributed by atoms with van der Waals surface area (Å²) in [6, 6.07) is 0.273. The first-order valence-electron chi connectivity index (χ1n) is 6.22. The predicted molar refractivity (Wildman–Crippen MR) is 70.6 cm³/mol. The molecule has 1 amide bonds. The maximum atomic E-state index is 11.7. The maximum absolute atomic E-state index is 11.7. The first-order chi connectivity index (χ1) is 7.56. The van der Waals surface area contributed by atoms with Gasteiger partial charge in [-0.15, -0.1) is 0 Å². The van der Waals surface area contributed by atoms with Gasteiger partial charge in [0.2, 0.25) is 5.91 Å². The van der Waals surface area contributed by atoms with Crippen LogP contribution in [0.3, 0.4) is 0 Å². The highest BCUT2D eigenvalue weighted by molar-refractivity contribution is 7.99. The molecular formula is C12H24N2OS. The van der Waals surface area contributed by atoms with Crippen LogP contribution in [-0.2, 0) is 4.79 Å². The smallest absolute Gasteiger partial charge is 0.222 e. The van der Waals surface area contributed by atoms with Gasteiger partial charge in [-0.3, -0.25) is 4.79 Å². The summed E-state index contributed by atoms with van der Waals surface area (Å²) in [5.41, 5.74) is 5.84. The van der Waals surface area contributed by atoms with Crippen LogP contribution >= 0.6 is 11.8 Å². The molecule has 0 saturated heterocycles. The number of carbonyl (C=O) groups is 1. The van der Waals surface area contributed by atoms with E-state index < -0.39 is 0 Å². The molecule has 0 aromatic rings. The number of amides is 1. The monoisotopic (exact) mass is 244 g/mol. The van der Waals surface area contributed by atoms with Gasteiger partial charge in [0.25, 0.3) is 0 Å². The molecule has 0 aromatic heterocycles. The van der Waals surface area contributed by atoms with Crippen molar-refractivity contribution in [3.63, 3.8) is 0 Å². The average Bonchev–Trinajstić information content (AvgIpc) is 2.15. The van der Waals surface area contributed by atoms with Crippen molar-refractivity contribution in [1.29, 1.82) is 0 Å². The normalized spacial score (nSPS) is 19.9. The van der Waals surface area contributed by atoms with Crippen molar-refractivity contribution in [2.45, 2.75) is 57.5 Å². The third-order valence-electron chi connectivity index (χ3n) is 3.17. The first-order valence-corrected chi connectivity index (χ1v) is 7.37. The van der Waals surface area contributed by atoms with Crippen molar-refractivity contribution in [1.82, 2.24) is 5.32 Å². The van der Waals surface area contributed by atoms with Crippen LogP contribution in [0, 0.1) is 0 Å². The lowest BCUT2D eigenvalue weighted by atomic mass is 9.75.